The molecule has 0 aliphatic carbocycles. The number of hydrogen-bond acceptors (Lipinski definition) is 7. The van der Waals surface area contributed by atoms with Crippen molar-refractivity contribution in [2.75, 3.05) is 43.0 Å². The molecule has 214 valence electrons. The number of anilines is 2. The highest BCUT2D eigenvalue weighted by Crippen LogP contribution is 2.27. The van der Waals surface area contributed by atoms with Crippen molar-refractivity contribution in [1.82, 2.24) is 0 Å². The van der Waals surface area contributed by atoms with Crippen molar-refractivity contribution < 1.29 is 29.5 Å². The first-order valence-corrected chi connectivity index (χ1v) is 13.3. The largest absolute Gasteiger partial charge is 0.547 e. The normalized spacial score (nSPS) is 13.4. The van der Waals surface area contributed by atoms with Gasteiger partial charge < -0.3 is 35.7 Å². The van der Waals surface area contributed by atoms with E-state index in [1.165, 1.54) is 11.3 Å². The van der Waals surface area contributed by atoms with Crippen LogP contribution in [0.1, 0.15) is 37.3 Å². The summed E-state index contributed by atoms with van der Waals surface area (Å²) in [5.74, 6) is -2.01. The summed E-state index contributed by atoms with van der Waals surface area (Å²) < 4.78 is 5.21. The molecule has 11 nitrogen and oxygen atoms in total. The van der Waals surface area contributed by atoms with E-state index in [-0.39, 0.29) is 5.96 Å². The molecule has 0 bridgehead atoms. The maximum atomic E-state index is 11.1. The van der Waals surface area contributed by atoms with Crippen molar-refractivity contribution in [3.05, 3.63) is 59.7 Å². The van der Waals surface area contributed by atoms with E-state index in [1.807, 2.05) is 24.3 Å². The molecule has 9 N–H and O–H groups in total. The molecule has 11 heteroatoms. The summed E-state index contributed by atoms with van der Waals surface area (Å²) in [6.45, 7) is 5.74. The van der Waals surface area contributed by atoms with Gasteiger partial charge in [-0.1, -0.05) is 30.3 Å². The molecule has 0 spiro atoms. The molecule has 0 amide bonds. The number of fused-ring (bicyclic) bond motifs is 1. The number of aliphatic carboxylic acids is 2. The Morgan fingerprint density at radius 3 is 2.51 bits per heavy atom. The van der Waals surface area contributed by atoms with Crippen LogP contribution < -0.4 is 37.5 Å². The summed E-state index contributed by atoms with van der Waals surface area (Å²) in [6, 6.07) is 15.7. The first kappa shape index (κ1) is 31.4. The average Bonchev–Trinajstić information content (AvgIpc) is 3.33. The molecule has 39 heavy (non-hydrogen) atoms. The first-order valence-electron chi connectivity index (χ1n) is 13.3. The highest BCUT2D eigenvalue weighted by molar-refractivity contribution is 5.73. The van der Waals surface area contributed by atoms with Gasteiger partial charge in [0.2, 0.25) is 0 Å². The SMILES string of the molecule is CCOC(Cc1ccc(NCCCN2CCc3ccccc32)cc1)C(=O)[O-].NC(N)=[NH+]CCCC(N)C(=O)O. The van der Waals surface area contributed by atoms with E-state index < -0.39 is 24.1 Å². The van der Waals surface area contributed by atoms with Crippen LogP contribution in [0.2, 0.25) is 0 Å². The topological polar surface area (TPSA) is 194 Å². The van der Waals surface area contributed by atoms with E-state index in [9.17, 15) is 14.7 Å². The fourth-order valence-electron chi connectivity index (χ4n) is 4.20. The predicted molar refractivity (Wildman–Crippen MR) is 150 cm³/mol. The van der Waals surface area contributed by atoms with Gasteiger partial charge in [0.25, 0.3) is 0 Å². The van der Waals surface area contributed by atoms with Crippen LogP contribution in [-0.2, 0) is 27.2 Å². The number of nitrogens with one attached hydrogen (secondary N) is 2. The Bertz CT molecular complexity index is 1060. The second kappa shape index (κ2) is 16.9. The zero-order chi connectivity index (χ0) is 28.6. The molecule has 0 saturated carbocycles. The molecule has 3 rings (SSSR count). The number of carboxylic acid groups (broad SMARTS) is 2. The van der Waals surface area contributed by atoms with E-state index in [0.717, 1.165) is 43.7 Å². The summed E-state index contributed by atoms with van der Waals surface area (Å²) in [5.41, 5.74) is 20.2. The molecule has 1 heterocycles. The molecule has 2 atom stereocenters. The standard InChI is InChI=1S/C22H28N2O3.C6H14N4O2/c1-2-27-21(22(25)26)16-17-8-10-19(11-9-17)23-13-5-14-24-15-12-18-6-3-4-7-20(18)24;7-4(5(11)12)2-1-3-10-6(8)9/h3-4,6-11,21,23H,2,5,12-16H2,1H3,(H,25,26);4H,1-3,7H2,(H,11,12)(H4,8,9,10). The van der Waals surface area contributed by atoms with E-state index >= 15 is 0 Å². The van der Waals surface area contributed by atoms with Crippen LogP contribution in [0.25, 0.3) is 0 Å². The smallest absolute Gasteiger partial charge is 0.338 e. The van der Waals surface area contributed by atoms with Crippen molar-refractivity contribution in [3.63, 3.8) is 0 Å². The molecule has 0 aromatic heterocycles. The summed E-state index contributed by atoms with van der Waals surface area (Å²) in [7, 11) is 0. The number of nitrogens with zero attached hydrogens (tertiary/aromatic N) is 1. The fraction of sp³-hybridized carbons (Fsp3) is 0.464. The average molecular weight is 543 g/mol. The van der Waals surface area contributed by atoms with Gasteiger partial charge in [0.1, 0.15) is 12.1 Å². The van der Waals surface area contributed by atoms with Crippen LogP contribution in [0.3, 0.4) is 0 Å². The van der Waals surface area contributed by atoms with Gasteiger partial charge >= 0.3 is 11.9 Å². The molecule has 2 unspecified atom stereocenters. The molecule has 0 radical (unpaired) electrons. The lowest BCUT2D eigenvalue weighted by Gasteiger charge is -2.19. The van der Waals surface area contributed by atoms with Crippen LogP contribution in [0.5, 0.6) is 0 Å². The lowest BCUT2D eigenvalue weighted by molar-refractivity contribution is -0.459. The minimum Gasteiger partial charge on any atom is -0.547 e. The molecular weight excluding hydrogens is 500 g/mol. The summed E-state index contributed by atoms with van der Waals surface area (Å²) in [5, 5.41) is 22.9. The third kappa shape index (κ3) is 11.6. The predicted octanol–water partition coefficient (Wildman–Crippen LogP) is -1.22. The fourth-order valence-corrected chi connectivity index (χ4v) is 4.20. The second-order valence-electron chi connectivity index (χ2n) is 9.28. The van der Waals surface area contributed by atoms with E-state index in [0.29, 0.717) is 32.4 Å². The second-order valence-corrected chi connectivity index (χ2v) is 9.28. The molecular formula is C28H42N6O5. The Balaban J connectivity index is 0.000000377. The van der Waals surface area contributed by atoms with E-state index in [1.54, 1.807) is 6.92 Å². The van der Waals surface area contributed by atoms with Crippen molar-refractivity contribution in [1.29, 1.82) is 0 Å². The maximum absolute atomic E-state index is 11.1. The summed E-state index contributed by atoms with van der Waals surface area (Å²) in [4.78, 5) is 26.4. The van der Waals surface area contributed by atoms with Gasteiger partial charge in [0, 0.05) is 44.0 Å². The van der Waals surface area contributed by atoms with E-state index in [4.69, 9.17) is 27.0 Å². The molecule has 1 aliphatic heterocycles. The van der Waals surface area contributed by atoms with Crippen molar-refractivity contribution in [2.45, 2.75) is 51.2 Å². The van der Waals surface area contributed by atoms with Crippen molar-refractivity contribution in [2.24, 2.45) is 17.2 Å². The zero-order valence-corrected chi connectivity index (χ0v) is 22.6. The number of carbonyl (C=O) groups is 2. The van der Waals surface area contributed by atoms with Gasteiger partial charge in [-0.3, -0.25) is 21.3 Å². The number of carboxylic acids is 2. The number of carbonyl (C=O) groups excluding carboxylic acids is 1. The number of ether oxygens (including phenoxy) is 1. The summed E-state index contributed by atoms with van der Waals surface area (Å²) >= 11 is 0. The Morgan fingerprint density at radius 2 is 1.87 bits per heavy atom. The van der Waals surface area contributed by atoms with Crippen LogP contribution in [-0.4, -0.2) is 67.9 Å². The quantitative estimate of drug-likeness (QED) is 0.0902. The maximum Gasteiger partial charge on any atom is 0.338 e. The molecule has 1 aliphatic rings. The first-order chi connectivity index (χ1) is 18.7. The van der Waals surface area contributed by atoms with Gasteiger partial charge in [-0.15, -0.1) is 0 Å². The number of nitrogens with two attached hydrogens (primary N) is 3. The number of guanidine groups is 1. The van der Waals surface area contributed by atoms with Gasteiger partial charge in [0.15, 0.2) is 0 Å². The lowest BCUT2D eigenvalue weighted by Crippen LogP contribution is -2.78. The number of benzene rings is 2. The minimum atomic E-state index is -1.16. The van der Waals surface area contributed by atoms with Crippen LogP contribution in [0.15, 0.2) is 48.5 Å². The molecule has 2 aromatic carbocycles. The highest BCUT2D eigenvalue weighted by atomic mass is 16.5. The Kier molecular flexibility index (Phi) is 13.6. The van der Waals surface area contributed by atoms with Crippen molar-refractivity contribution >= 4 is 29.3 Å². The third-order valence-corrected chi connectivity index (χ3v) is 6.26. The molecule has 0 fully saturated rings. The molecule has 0 saturated heterocycles. The van der Waals surface area contributed by atoms with Gasteiger partial charge in [-0.05, 0) is 61.9 Å². The monoisotopic (exact) mass is 542 g/mol. The Labute approximate surface area is 230 Å². The number of para-hydroxylation sites is 1. The molecule has 2 aromatic rings. The lowest BCUT2D eigenvalue weighted by atomic mass is 10.1. The van der Waals surface area contributed by atoms with E-state index in [2.05, 4.69) is 39.5 Å². The number of rotatable bonds is 15. The zero-order valence-electron chi connectivity index (χ0n) is 22.6. The van der Waals surface area contributed by atoms with Crippen molar-refractivity contribution in [3.8, 4) is 0 Å². The summed E-state index contributed by atoms with van der Waals surface area (Å²) in [6.07, 6.45) is 2.68. The van der Waals surface area contributed by atoms with Gasteiger partial charge in [0.05, 0.1) is 12.5 Å². The van der Waals surface area contributed by atoms with Crippen LogP contribution >= 0.6 is 0 Å². The van der Waals surface area contributed by atoms with Gasteiger partial charge in [-0.2, -0.15) is 0 Å². The Hall–Kier alpha value is -3.83. The third-order valence-electron chi connectivity index (χ3n) is 6.26. The number of hydrogen-bond donors (Lipinski definition) is 6. The van der Waals surface area contributed by atoms with Gasteiger partial charge in [-0.25, -0.2) is 0 Å². The van der Waals surface area contributed by atoms with Crippen LogP contribution in [0.4, 0.5) is 11.4 Å². The Morgan fingerprint density at radius 1 is 1.15 bits per heavy atom. The minimum absolute atomic E-state index is 0.138. The van der Waals surface area contributed by atoms with Crippen LogP contribution in [0, 0.1) is 0 Å². The highest BCUT2D eigenvalue weighted by Gasteiger charge is 2.17.